The van der Waals surface area contributed by atoms with Gasteiger partial charge in [-0.15, -0.1) is 0 Å². The van der Waals surface area contributed by atoms with Crippen LogP contribution in [0.5, 0.6) is 0 Å². The Labute approximate surface area is 195 Å². The fourth-order valence-electron chi connectivity index (χ4n) is 3.34. The van der Waals surface area contributed by atoms with Gasteiger partial charge in [0.05, 0.1) is 24.9 Å². The number of aromatic nitrogens is 3. The fourth-order valence-corrected chi connectivity index (χ4v) is 3.34. The predicted octanol–water partition coefficient (Wildman–Crippen LogP) is 1.92. The van der Waals surface area contributed by atoms with E-state index in [-0.39, 0.29) is 54.0 Å². The molecule has 0 aromatic carbocycles. The fraction of sp³-hybridized carbons (Fsp3) is 0.292. The second kappa shape index (κ2) is 11.2. The smallest absolute Gasteiger partial charge is 0.341 e. The molecule has 0 fully saturated rings. The van der Waals surface area contributed by atoms with Crippen molar-refractivity contribution in [1.29, 1.82) is 0 Å². The molecular formula is C24H26N4O6. The molecular weight excluding hydrogens is 440 g/mol. The number of ether oxygens (including phenoxy) is 3. The Morgan fingerprint density at radius 3 is 2.79 bits per heavy atom. The molecule has 0 aliphatic rings. The molecule has 34 heavy (non-hydrogen) atoms. The van der Waals surface area contributed by atoms with Crippen molar-refractivity contribution < 1.29 is 23.8 Å². The molecule has 0 spiro atoms. The Bertz CT molecular complexity index is 1400. The monoisotopic (exact) mass is 466 g/mol. The standard InChI is InChI=1S/C24H26N4O6/c1-5-7-12-33-15-19(29)25-22-18(24(31)34-6-2)14-17-21(27(22)11-13-32-4)26-20-16(3)9-8-10-28(20)23(17)30/h5,7-10,12,14H,1,6,11,13,15H2,2-4H3. The number of carbonyl (C=O) groups is 2. The van der Waals surface area contributed by atoms with Gasteiger partial charge in [0.15, 0.2) is 12.1 Å². The summed E-state index contributed by atoms with van der Waals surface area (Å²) in [5.74, 6) is -1.36. The van der Waals surface area contributed by atoms with E-state index in [1.54, 1.807) is 19.2 Å². The molecule has 0 saturated carbocycles. The Morgan fingerprint density at radius 1 is 1.29 bits per heavy atom. The number of aryl methyl sites for hydroxylation is 1. The lowest BCUT2D eigenvalue weighted by Gasteiger charge is -2.15. The minimum atomic E-state index is -0.719. The van der Waals surface area contributed by atoms with Gasteiger partial charge in [0, 0.05) is 19.9 Å². The van der Waals surface area contributed by atoms with Crippen LogP contribution in [0.1, 0.15) is 22.8 Å². The molecule has 3 heterocycles. The number of carbonyl (C=O) groups excluding carboxylic acids is 2. The Kier molecular flexibility index (Phi) is 8.10. The molecule has 0 N–H and O–H groups in total. The van der Waals surface area contributed by atoms with E-state index in [1.165, 1.54) is 40.6 Å². The van der Waals surface area contributed by atoms with Gasteiger partial charge in [-0.1, -0.05) is 18.7 Å². The van der Waals surface area contributed by atoms with E-state index in [4.69, 9.17) is 14.2 Å². The minimum absolute atomic E-state index is 0.00846. The number of methoxy groups -OCH3 is 1. The van der Waals surface area contributed by atoms with E-state index in [2.05, 4.69) is 16.6 Å². The van der Waals surface area contributed by atoms with Crippen molar-refractivity contribution in [2.75, 3.05) is 26.9 Å². The lowest BCUT2D eigenvalue weighted by molar-refractivity contribution is -0.120. The average Bonchev–Trinajstić information content (AvgIpc) is 2.82. The zero-order valence-corrected chi connectivity index (χ0v) is 19.3. The van der Waals surface area contributed by atoms with Crippen molar-refractivity contribution in [3.63, 3.8) is 0 Å². The number of pyridine rings is 2. The highest BCUT2D eigenvalue weighted by molar-refractivity contribution is 5.93. The molecule has 3 aromatic rings. The second-order valence-electron chi connectivity index (χ2n) is 7.17. The van der Waals surface area contributed by atoms with E-state index in [9.17, 15) is 14.4 Å². The molecule has 0 unspecified atom stereocenters. The van der Waals surface area contributed by atoms with Crippen molar-refractivity contribution in [3.8, 4) is 0 Å². The first-order valence-electron chi connectivity index (χ1n) is 10.6. The Morgan fingerprint density at radius 2 is 2.09 bits per heavy atom. The normalized spacial score (nSPS) is 11.9. The lowest BCUT2D eigenvalue weighted by Crippen LogP contribution is -2.34. The third-order valence-electron chi connectivity index (χ3n) is 4.87. The van der Waals surface area contributed by atoms with Crippen molar-refractivity contribution >= 4 is 28.6 Å². The maximum absolute atomic E-state index is 13.3. The lowest BCUT2D eigenvalue weighted by atomic mass is 10.2. The first-order chi connectivity index (χ1) is 16.4. The number of esters is 1. The van der Waals surface area contributed by atoms with Gasteiger partial charge in [0.1, 0.15) is 16.9 Å². The van der Waals surface area contributed by atoms with Crippen LogP contribution in [0.15, 0.2) is 59.2 Å². The Hall–Kier alpha value is -4.05. The summed E-state index contributed by atoms with van der Waals surface area (Å²) < 4.78 is 18.5. The van der Waals surface area contributed by atoms with Crippen molar-refractivity contribution in [2.24, 2.45) is 4.99 Å². The van der Waals surface area contributed by atoms with Crippen molar-refractivity contribution in [3.05, 3.63) is 76.4 Å². The summed E-state index contributed by atoms with van der Waals surface area (Å²) in [6.45, 7) is 7.16. The highest BCUT2D eigenvalue weighted by Crippen LogP contribution is 2.13. The van der Waals surface area contributed by atoms with E-state index in [0.717, 1.165) is 5.56 Å². The van der Waals surface area contributed by atoms with Gasteiger partial charge in [-0.05, 0) is 37.6 Å². The topological polar surface area (TPSA) is 113 Å². The molecule has 178 valence electrons. The molecule has 10 heteroatoms. The van der Waals surface area contributed by atoms with Crippen molar-refractivity contribution in [2.45, 2.75) is 20.4 Å². The van der Waals surface area contributed by atoms with Crippen LogP contribution in [-0.2, 0) is 25.5 Å². The number of rotatable bonds is 9. The molecule has 10 nitrogen and oxygen atoms in total. The zero-order chi connectivity index (χ0) is 24.7. The summed E-state index contributed by atoms with van der Waals surface area (Å²) in [7, 11) is 1.52. The van der Waals surface area contributed by atoms with E-state index < -0.39 is 11.9 Å². The van der Waals surface area contributed by atoms with Gasteiger partial charge in [-0.3, -0.25) is 14.0 Å². The SMILES string of the molecule is C=CC=COCC(=O)N=c1c(C(=O)OCC)cc2c(=O)n3cccc(C)c3nc2n1CCOC. The van der Waals surface area contributed by atoms with Gasteiger partial charge in [-0.2, -0.15) is 4.99 Å². The molecule has 0 saturated heterocycles. The highest BCUT2D eigenvalue weighted by atomic mass is 16.5. The van der Waals surface area contributed by atoms with E-state index in [1.807, 2.05) is 13.0 Å². The van der Waals surface area contributed by atoms with Gasteiger partial charge < -0.3 is 18.8 Å². The zero-order valence-electron chi connectivity index (χ0n) is 19.3. The molecule has 0 aliphatic carbocycles. The molecule has 0 aliphatic heterocycles. The average molecular weight is 466 g/mol. The quantitative estimate of drug-likeness (QED) is 0.205. The number of hydrogen-bond acceptors (Lipinski definition) is 7. The summed E-state index contributed by atoms with van der Waals surface area (Å²) in [4.78, 5) is 47.5. The van der Waals surface area contributed by atoms with Crippen LogP contribution < -0.4 is 11.0 Å². The number of hydrogen-bond donors (Lipinski definition) is 0. The van der Waals surface area contributed by atoms with Gasteiger partial charge in [0.25, 0.3) is 11.5 Å². The maximum Gasteiger partial charge on any atom is 0.341 e. The summed E-state index contributed by atoms with van der Waals surface area (Å²) in [5, 5.41) is 0.179. The summed E-state index contributed by atoms with van der Waals surface area (Å²) >= 11 is 0. The van der Waals surface area contributed by atoms with E-state index >= 15 is 0 Å². The summed E-state index contributed by atoms with van der Waals surface area (Å²) in [6, 6.07) is 4.94. The number of amides is 1. The van der Waals surface area contributed by atoms with Crippen LogP contribution in [0.25, 0.3) is 16.7 Å². The first kappa shape index (κ1) is 24.6. The third kappa shape index (κ3) is 5.12. The molecule has 0 atom stereocenters. The van der Waals surface area contributed by atoms with Gasteiger partial charge >= 0.3 is 5.97 Å². The van der Waals surface area contributed by atoms with Crippen LogP contribution in [0.2, 0.25) is 0 Å². The van der Waals surface area contributed by atoms with Gasteiger partial charge in [-0.25, -0.2) is 9.78 Å². The van der Waals surface area contributed by atoms with Crippen LogP contribution in [-0.4, -0.2) is 52.8 Å². The van der Waals surface area contributed by atoms with Crippen molar-refractivity contribution in [1.82, 2.24) is 14.0 Å². The first-order valence-corrected chi connectivity index (χ1v) is 10.6. The summed E-state index contributed by atoms with van der Waals surface area (Å²) in [5.41, 5.74) is 1.11. The predicted molar refractivity (Wildman–Crippen MR) is 125 cm³/mol. The number of allylic oxidation sites excluding steroid dienone is 2. The van der Waals surface area contributed by atoms with Crippen LogP contribution in [0.3, 0.4) is 0 Å². The van der Waals surface area contributed by atoms with Gasteiger partial charge in [0.2, 0.25) is 0 Å². The molecule has 0 radical (unpaired) electrons. The third-order valence-corrected chi connectivity index (χ3v) is 4.87. The highest BCUT2D eigenvalue weighted by Gasteiger charge is 2.20. The summed E-state index contributed by atoms with van der Waals surface area (Å²) in [6.07, 6.45) is 5.94. The number of nitrogens with zero attached hydrogens (tertiary/aromatic N) is 4. The minimum Gasteiger partial charge on any atom is -0.491 e. The van der Waals surface area contributed by atoms with Crippen LogP contribution in [0, 0.1) is 6.92 Å². The maximum atomic E-state index is 13.3. The molecule has 1 amide bonds. The Balaban J connectivity index is 2.38. The van der Waals surface area contributed by atoms with Crippen LogP contribution >= 0.6 is 0 Å². The van der Waals surface area contributed by atoms with E-state index in [0.29, 0.717) is 5.65 Å². The molecule has 3 aromatic heterocycles. The molecule has 0 bridgehead atoms. The van der Waals surface area contributed by atoms with Crippen LogP contribution in [0.4, 0.5) is 0 Å². The second-order valence-corrected chi connectivity index (χ2v) is 7.17. The number of fused-ring (bicyclic) bond motifs is 2. The molecule has 3 rings (SSSR count). The largest absolute Gasteiger partial charge is 0.491 e.